The van der Waals surface area contributed by atoms with Crippen LogP contribution >= 0.6 is 0 Å². The van der Waals surface area contributed by atoms with Gasteiger partial charge in [-0.3, -0.25) is 9.59 Å². The van der Waals surface area contributed by atoms with Gasteiger partial charge in [0.1, 0.15) is 11.7 Å². The first-order chi connectivity index (χ1) is 6.19. The molecule has 13 heavy (non-hydrogen) atoms. The second kappa shape index (κ2) is 4.40. The van der Waals surface area contributed by atoms with Gasteiger partial charge in [-0.1, -0.05) is 13.3 Å². The average Bonchev–Trinajstić information content (AvgIpc) is 2.47. The van der Waals surface area contributed by atoms with E-state index in [1.54, 1.807) is 6.92 Å². The Bertz CT molecular complexity index is 210. The van der Waals surface area contributed by atoms with E-state index in [1.165, 1.54) is 0 Å². The summed E-state index contributed by atoms with van der Waals surface area (Å²) in [5.41, 5.74) is 0. The Labute approximate surface area is 78.5 Å². The van der Waals surface area contributed by atoms with Crippen LogP contribution in [0.1, 0.15) is 33.1 Å². The molecule has 1 rings (SSSR count). The third kappa shape index (κ3) is 2.29. The number of hydrogen-bond acceptors (Lipinski definition) is 3. The second-order valence-corrected chi connectivity index (χ2v) is 3.49. The highest BCUT2D eigenvalue weighted by Gasteiger charge is 2.37. The van der Waals surface area contributed by atoms with Gasteiger partial charge in [0.25, 0.3) is 0 Å². The van der Waals surface area contributed by atoms with Crippen LogP contribution in [0.25, 0.3) is 0 Å². The smallest absolute Gasteiger partial charge is 0.316 e. The van der Waals surface area contributed by atoms with Gasteiger partial charge in [0, 0.05) is 6.42 Å². The highest BCUT2D eigenvalue weighted by molar-refractivity contribution is 6.00. The molecule has 0 aromatic carbocycles. The van der Waals surface area contributed by atoms with Crippen molar-refractivity contribution in [2.45, 2.75) is 33.1 Å². The Balaban J connectivity index is 2.52. The topological polar surface area (TPSA) is 43.4 Å². The molecular formula is C10H16O3. The zero-order valence-electron chi connectivity index (χ0n) is 8.21. The minimum absolute atomic E-state index is 0.0605. The number of ether oxygens (including phenoxy) is 1. The average molecular weight is 184 g/mol. The molecule has 74 valence electrons. The van der Waals surface area contributed by atoms with E-state index in [4.69, 9.17) is 4.74 Å². The van der Waals surface area contributed by atoms with Crippen LogP contribution in [0.5, 0.6) is 0 Å². The van der Waals surface area contributed by atoms with Crippen LogP contribution in [0.4, 0.5) is 0 Å². The van der Waals surface area contributed by atoms with Crippen LogP contribution in [0, 0.1) is 11.8 Å². The summed E-state index contributed by atoms with van der Waals surface area (Å²) in [6, 6.07) is 0. The van der Waals surface area contributed by atoms with Crippen LogP contribution in [-0.4, -0.2) is 18.4 Å². The minimum Gasteiger partial charge on any atom is -0.465 e. The van der Waals surface area contributed by atoms with Gasteiger partial charge >= 0.3 is 5.97 Å². The van der Waals surface area contributed by atoms with Crippen LogP contribution in [-0.2, 0) is 14.3 Å². The summed E-state index contributed by atoms with van der Waals surface area (Å²) in [6.45, 7) is 4.17. The van der Waals surface area contributed by atoms with Crippen molar-refractivity contribution in [1.29, 1.82) is 0 Å². The zero-order chi connectivity index (χ0) is 9.84. The molecule has 0 radical (unpaired) electrons. The fraction of sp³-hybridized carbons (Fsp3) is 0.800. The molecule has 0 heterocycles. The molecule has 1 aliphatic rings. The van der Waals surface area contributed by atoms with Crippen molar-refractivity contribution in [2.75, 3.05) is 6.61 Å². The van der Waals surface area contributed by atoms with E-state index >= 15 is 0 Å². The molecule has 3 heteroatoms. The molecule has 3 nitrogen and oxygen atoms in total. The third-order valence-corrected chi connectivity index (χ3v) is 2.60. The summed E-state index contributed by atoms with van der Waals surface area (Å²) in [6.07, 6.45) is 2.22. The predicted molar refractivity (Wildman–Crippen MR) is 48.1 cm³/mol. The molecule has 0 amide bonds. The lowest BCUT2D eigenvalue weighted by Crippen LogP contribution is -2.21. The maximum absolute atomic E-state index is 11.4. The van der Waals surface area contributed by atoms with Gasteiger partial charge in [0.15, 0.2) is 0 Å². The Morgan fingerprint density at radius 2 is 2.23 bits per heavy atom. The molecule has 0 N–H and O–H groups in total. The number of carbonyl (C=O) groups excluding carboxylic acids is 2. The molecule has 0 aromatic rings. The van der Waals surface area contributed by atoms with Gasteiger partial charge < -0.3 is 4.74 Å². The van der Waals surface area contributed by atoms with E-state index in [1.807, 2.05) is 6.92 Å². The highest BCUT2D eigenvalue weighted by Crippen LogP contribution is 2.30. The maximum atomic E-state index is 11.4. The Morgan fingerprint density at radius 3 is 2.69 bits per heavy atom. The number of rotatable bonds is 3. The van der Waals surface area contributed by atoms with Gasteiger partial charge in [-0.15, -0.1) is 0 Å². The van der Waals surface area contributed by atoms with Crippen LogP contribution in [0.2, 0.25) is 0 Å². The lowest BCUT2D eigenvalue weighted by atomic mass is 10.0. The number of Topliss-reactive ketones (excluding diaryl/α,β-unsaturated/α-hetero) is 1. The van der Waals surface area contributed by atoms with E-state index in [-0.39, 0.29) is 11.8 Å². The minimum atomic E-state index is -0.468. The zero-order valence-corrected chi connectivity index (χ0v) is 8.21. The summed E-state index contributed by atoms with van der Waals surface area (Å²) >= 11 is 0. The molecule has 1 aliphatic carbocycles. The van der Waals surface area contributed by atoms with E-state index in [0.29, 0.717) is 25.4 Å². The lowest BCUT2D eigenvalue weighted by Gasteiger charge is -2.07. The van der Waals surface area contributed by atoms with E-state index in [0.717, 1.165) is 6.42 Å². The summed E-state index contributed by atoms with van der Waals surface area (Å²) in [7, 11) is 0. The van der Waals surface area contributed by atoms with Gasteiger partial charge in [0.2, 0.25) is 0 Å². The van der Waals surface area contributed by atoms with Crippen molar-refractivity contribution in [1.82, 2.24) is 0 Å². The fourth-order valence-electron chi connectivity index (χ4n) is 1.76. The molecule has 2 atom stereocenters. The number of ketones is 1. The number of carbonyl (C=O) groups is 2. The molecule has 2 unspecified atom stereocenters. The Morgan fingerprint density at radius 1 is 1.54 bits per heavy atom. The molecule has 0 aliphatic heterocycles. The third-order valence-electron chi connectivity index (χ3n) is 2.60. The normalized spacial score (nSPS) is 27.7. The molecule has 0 saturated heterocycles. The summed E-state index contributed by atoms with van der Waals surface area (Å²) in [4.78, 5) is 22.6. The van der Waals surface area contributed by atoms with E-state index in [9.17, 15) is 9.59 Å². The summed E-state index contributed by atoms with van der Waals surface area (Å²) in [5, 5.41) is 0. The second-order valence-electron chi connectivity index (χ2n) is 3.49. The molecule has 1 fully saturated rings. The van der Waals surface area contributed by atoms with Crippen LogP contribution < -0.4 is 0 Å². The monoisotopic (exact) mass is 184 g/mol. The standard InChI is InChI=1S/C10H16O3/c1-3-7-5-8(9(11)6-7)10(12)13-4-2/h7-8H,3-6H2,1-2H3. The molecule has 0 aromatic heterocycles. The fourth-order valence-corrected chi connectivity index (χ4v) is 1.76. The summed E-state index contributed by atoms with van der Waals surface area (Å²) in [5.74, 6) is -0.347. The highest BCUT2D eigenvalue weighted by atomic mass is 16.5. The van der Waals surface area contributed by atoms with Gasteiger partial charge in [-0.2, -0.15) is 0 Å². The van der Waals surface area contributed by atoms with E-state index < -0.39 is 5.92 Å². The van der Waals surface area contributed by atoms with Crippen molar-refractivity contribution in [3.63, 3.8) is 0 Å². The first-order valence-electron chi connectivity index (χ1n) is 4.88. The van der Waals surface area contributed by atoms with Gasteiger partial charge in [-0.25, -0.2) is 0 Å². The molecular weight excluding hydrogens is 168 g/mol. The maximum Gasteiger partial charge on any atom is 0.316 e. The largest absolute Gasteiger partial charge is 0.465 e. The van der Waals surface area contributed by atoms with Crippen LogP contribution in [0.3, 0.4) is 0 Å². The number of esters is 1. The Hall–Kier alpha value is -0.860. The van der Waals surface area contributed by atoms with Crippen molar-refractivity contribution >= 4 is 11.8 Å². The first-order valence-corrected chi connectivity index (χ1v) is 4.88. The summed E-state index contributed by atoms with van der Waals surface area (Å²) < 4.78 is 4.83. The molecule has 0 spiro atoms. The first kappa shape index (κ1) is 10.2. The van der Waals surface area contributed by atoms with Crippen molar-refractivity contribution in [3.05, 3.63) is 0 Å². The van der Waals surface area contributed by atoms with E-state index in [2.05, 4.69) is 0 Å². The van der Waals surface area contributed by atoms with Gasteiger partial charge in [-0.05, 0) is 19.3 Å². The lowest BCUT2D eigenvalue weighted by molar-refractivity contribution is -0.150. The van der Waals surface area contributed by atoms with Crippen molar-refractivity contribution < 1.29 is 14.3 Å². The number of hydrogen-bond donors (Lipinski definition) is 0. The predicted octanol–water partition coefficient (Wildman–Crippen LogP) is 1.55. The van der Waals surface area contributed by atoms with Crippen molar-refractivity contribution in [3.8, 4) is 0 Å². The molecule has 1 saturated carbocycles. The Kier molecular flexibility index (Phi) is 3.46. The van der Waals surface area contributed by atoms with Crippen molar-refractivity contribution in [2.24, 2.45) is 11.8 Å². The molecule has 0 bridgehead atoms. The van der Waals surface area contributed by atoms with Crippen LogP contribution in [0.15, 0.2) is 0 Å². The SMILES string of the molecule is CCOC(=O)C1CC(CC)CC1=O. The quantitative estimate of drug-likeness (QED) is 0.493. The van der Waals surface area contributed by atoms with Gasteiger partial charge in [0.05, 0.1) is 6.61 Å².